The highest BCUT2D eigenvalue weighted by atomic mass is 16.5. The molecule has 1 N–H and O–H groups in total. The maximum Gasteiger partial charge on any atom is 0.126 e. The van der Waals surface area contributed by atoms with Gasteiger partial charge in [0, 0.05) is 24.8 Å². The third kappa shape index (κ3) is 1.95. The second-order valence-corrected chi connectivity index (χ2v) is 5.02. The van der Waals surface area contributed by atoms with Gasteiger partial charge in [0.2, 0.25) is 0 Å². The lowest BCUT2D eigenvalue weighted by Crippen LogP contribution is -2.45. The molecule has 0 aliphatic carbocycles. The molecule has 98 valence electrons. The highest BCUT2D eigenvalue weighted by Gasteiger charge is 2.41. The van der Waals surface area contributed by atoms with Crippen molar-refractivity contribution in [3.63, 3.8) is 0 Å². The zero-order valence-corrected chi connectivity index (χ0v) is 10.5. The third-order valence-electron chi connectivity index (χ3n) is 3.87. The summed E-state index contributed by atoms with van der Waals surface area (Å²) in [5.74, 6) is 1.52. The van der Waals surface area contributed by atoms with Crippen molar-refractivity contribution < 1.29 is 19.3 Å². The number of aliphatic hydroxyl groups excluding tert-OH is 1. The van der Waals surface area contributed by atoms with Gasteiger partial charge < -0.3 is 19.3 Å². The first-order chi connectivity index (χ1) is 8.72. The molecular formula is C14H18O4. The molecule has 2 aliphatic heterocycles. The van der Waals surface area contributed by atoms with Crippen molar-refractivity contribution in [2.75, 3.05) is 20.3 Å². The highest BCUT2D eigenvalue weighted by Crippen LogP contribution is 2.44. The summed E-state index contributed by atoms with van der Waals surface area (Å²) in [4.78, 5) is 0. The van der Waals surface area contributed by atoms with Crippen molar-refractivity contribution in [1.82, 2.24) is 0 Å². The van der Waals surface area contributed by atoms with Gasteiger partial charge in [-0.3, -0.25) is 0 Å². The van der Waals surface area contributed by atoms with E-state index in [-0.39, 0.29) is 5.60 Å². The molecule has 4 heteroatoms. The van der Waals surface area contributed by atoms with Gasteiger partial charge in [-0.15, -0.1) is 0 Å². The summed E-state index contributed by atoms with van der Waals surface area (Å²) in [6.07, 6.45) is 1.84. The van der Waals surface area contributed by atoms with Crippen LogP contribution >= 0.6 is 0 Å². The van der Waals surface area contributed by atoms with Crippen molar-refractivity contribution in [2.24, 2.45) is 0 Å². The van der Waals surface area contributed by atoms with E-state index in [0.29, 0.717) is 19.6 Å². The van der Waals surface area contributed by atoms with Crippen molar-refractivity contribution in [2.45, 2.75) is 31.0 Å². The summed E-state index contributed by atoms with van der Waals surface area (Å²) < 4.78 is 16.7. The summed E-state index contributed by atoms with van der Waals surface area (Å²) in [6, 6.07) is 5.60. The molecule has 1 saturated heterocycles. The van der Waals surface area contributed by atoms with Crippen LogP contribution in [0.3, 0.4) is 0 Å². The molecule has 0 radical (unpaired) electrons. The molecule has 2 heterocycles. The molecule has 1 fully saturated rings. The summed E-state index contributed by atoms with van der Waals surface area (Å²) in [5.41, 5.74) is 0.575. The van der Waals surface area contributed by atoms with E-state index in [1.807, 2.05) is 18.2 Å². The maximum atomic E-state index is 10.3. The van der Waals surface area contributed by atoms with Gasteiger partial charge in [-0.1, -0.05) is 0 Å². The number of hydrogen-bond donors (Lipinski definition) is 1. The van der Waals surface area contributed by atoms with Crippen LogP contribution in [-0.2, 0) is 4.74 Å². The minimum absolute atomic E-state index is 0.251. The zero-order chi connectivity index (χ0) is 12.6. The quantitative estimate of drug-likeness (QED) is 0.828. The first-order valence-electron chi connectivity index (χ1n) is 6.35. The van der Waals surface area contributed by atoms with Crippen LogP contribution in [0.4, 0.5) is 0 Å². The van der Waals surface area contributed by atoms with Gasteiger partial charge in [-0.2, -0.15) is 0 Å². The summed E-state index contributed by atoms with van der Waals surface area (Å²) in [7, 11) is 1.62. The number of ether oxygens (including phenoxy) is 3. The van der Waals surface area contributed by atoms with Gasteiger partial charge in [0.25, 0.3) is 0 Å². The molecule has 1 unspecified atom stereocenters. The second kappa shape index (κ2) is 4.44. The highest BCUT2D eigenvalue weighted by molar-refractivity contribution is 5.43. The molecule has 2 aliphatic rings. The van der Waals surface area contributed by atoms with E-state index in [2.05, 4.69) is 0 Å². The molecule has 4 nitrogen and oxygen atoms in total. The minimum Gasteiger partial charge on any atom is -0.497 e. The molecule has 1 atom stereocenters. The lowest BCUT2D eigenvalue weighted by atomic mass is 9.83. The molecule has 0 bridgehead atoms. The van der Waals surface area contributed by atoms with Crippen LogP contribution in [0, 0.1) is 0 Å². The lowest BCUT2D eigenvalue weighted by Gasteiger charge is -2.43. The van der Waals surface area contributed by atoms with Crippen LogP contribution in [0.5, 0.6) is 11.5 Å². The molecule has 18 heavy (non-hydrogen) atoms. The predicted molar refractivity (Wildman–Crippen MR) is 66.0 cm³/mol. The zero-order valence-electron chi connectivity index (χ0n) is 10.5. The normalized spacial score (nSPS) is 25.3. The SMILES string of the molecule is COc1ccc2c(c1)C(O)CC1(CCOCC1)O2. The Labute approximate surface area is 106 Å². The topological polar surface area (TPSA) is 47.9 Å². The fourth-order valence-electron chi connectivity index (χ4n) is 2.79. The van der Waals surface area contributed by atoms with Crippen molar-refractivity contribution in [3.05, 3.63) is 23.8 Å². The summed E-state index contributed by atoms with van der Waals surface area (Å²) in [6.45, 7) is 1.41. The van der Waals surface area contributed by atoms with Crippen LogP contribution in [0.1, 0.15) is 30.9 Å². The van der Waals surface area contributed by atoms with Crippen LogP contribution in [0.25, 0.3) is 0 Å². The lowest BCUT2D eigenvalue weighted by molar-refractivity contribution is -0.0839. The Morgan fingerprint density at radius 2 is 2.11 bits per heavy atom. The number of aliphatic hydroxyl groups is 1. The Morgan fingerprint density at radius 3 is 2.83 bits per heavy atom. The molecule has 0 aromatic heterocycles. The average Bonchev–Trinajstić information content (AvgIpc) is 2.39. The van der Waals surface area contributed by atoms with Gasteiger partial charge in [-0.25, -0.2) is 0 Å². The minimum atomic E-state index is -0.484. The molecule has 1 spiro atoms. The van der Waals surface area contributed by atoms with Crippen LogP contribution in [-0.4, -0.2) is 31.0 Å². The smallest absolute Gasteiger partial charge is 0.126 e. The van der Waals surface area contributed by atoms with E-state index in [0.717, 1.165) is 29.9 Å². The Morgan fingerprint density at radius 1 is 1.33 bits per heavy atom. The average molecular weight is 250 g/mol. The van der Waals surface area contributed by atoms with E-state index in [1.165, 1.54) is 0 Å². The first kappa shape index (κ1) is 11.8. The van der Waals surface area contributed by atoms with E-state index in [4.69, 9.17) is 14.2 Å². The van der Waals surface area contributed by atoms with Crippen LogP contribution < -0.4 is 9.47 Å². The molecular weight excluding hydrogens is 232 g/mol. The van der Waals surface area contributed by atoms with Gasteiger partial charge in [-0.05, 0) is 18.2 Å². The monoisotopic (exact) mass is 250 g/mol. The number of fused-ring (bicyclic) bond motifs is 1. The van der Waals surface area contributed by atoms with Crippen LogP contribution in [0.2, 0.25) is 0 Å². The van der Waals surface area contributed by atoms with Gasteiger partial charge in [0.1, 0.15) is 17.1 Å². The molecule has 0 saturated carbocycles. The van der Waals surface area contributed by atoms with E-state index < -0.39 is 6.10 Å². The molecule has 1 aromatic rings. The van der Waals surface area contributed by atoms with Gasteiger partial charge in [0.15, 0.2) is 0 Å². The summed E-state index contributed by atoms with van der Waals surface area (Å²) in [5, 5.41) is 10.3. The van der Waals surface area contributed by atoms with Crippen molar-refractivity contribution >= 4 is 0 Å². The standard InChI is InChI=1S/C14H18O4/c1-16-10-2-3-13-11(8-10)12(15)9-14(18-13)4-6-17-7-5-14/h2-3,8,12,15H,4-7,9H2,1H3. The van der Waals surface area contributed by atoms with Gasteiger partial charge >= 0.3 is 0 Å². The Kier molecular flexibility index (Phi) is 2.92. The predicted octanol–water partition coefficient (Wildman–Crippen LogP) is 2.06. The Balaban J connectivity index is 1.92. The number of hydrogen-bond acceptors (Lipinski definition) is 4. The number of rotatable bonds is 1. The largest absolute Gasteiger partial charge is 0.497 e. The first-order valence-corrected chi connectivity index (χ1v) is 6.35. The fourth-order valence-corrected chi connectivity index (χ4v) is 2.79. The number of methoxy groups -OCH3 is 1. The molecule has 3 rings (SSSR count). The Hall–Kier alpha value is -1.26. The second-order valence-electron chi connectivity index (χ2n) is 5.02. The van der Waals surface area contributed by atoms with Gasteiger partial charge in [0.05, 0.1) is 26.4 Å². The molecule has 0 amide bonds. The Bertz CT molecular complexity index is 437. The van der Waals surface area contributed by atoms with E-state index in [9.17, 15) is 5.11 Å². The van der Waals surface area contributed by atoms with E-state index >= 15 is 0 Å². The third-order valence-corrected chi connectivity index (χ3v) is 3.87. The summed E-state index contributed by atoms with van der Waals surface area (Å²) >= 11 is 0. The number of benzene rings is 1. The van der Waals surface area contributed by atoms with Crippen LogP contribution in [0.15, 0.2) is 18.2 Å². The fraction of sp³-hybridized carbons (Fsp3) is 0.571. The maximum absolute atomic E-state index is 10.3. The molecule has 1 aromatic carbocycles. The van der Waals surface area contributed by atoms with Crippen molar-refractivity contribution in [3.8, 4) is 11.5 Å². The van der Waals surface area contributed by atoms with Crippen molar-refractivity contribution in [1.29, 1.82) is 0 Å². The van der Waals surface area contributed by atoms with E-state index in [1.54, 1.807) is 7.11 Å².